The summed E-state index contributed by atoms with van der Waals surface area (Å²) in [7, 11) is 0. The first-order valence-electron chi connectivity index (χ1n) is 11.1. The van der Waals surface area contributed by atoms with E-state index in [-0.39, 0.29) is 11.4 Å². The number of amides is 2. The Labute approximate surface area is 206 Å². The van der Waals surface area contributed by atoms with Crippen molar-refractivity contribution in [3.05, 3.63) is 118 Å². The van der Waals surface area contributed by atoms with E-state index in [0.717, 1.165) is 0 Å². The molecular formula is C27H23N5O4. The standard InChI is InChI=1S/C27H23N5O4/c1-2-9-17-12-8-13-19(24(17)33)16-28-31-27(36)23(29-25(34)18-10-4-3-5-11-18)22-20-14-6-7-15-21(20)26(35)32-30-22/h2-8,10-16,23,33H,1,9H2,(H,29,34)(H,31,36)(H,32,35)/b28-16+. The van der Waals surface area contributed by atoms with Crippen molar-refractivity contribution in [3.8, 4) is 5.75 Å². The fraction of sp³-hybridized carbons (Fsp3) is 0.0741. The number of hydrogen-bond acceptors (Lipinski definition) is 6. The molecule has 1 aromatic heterocycles. The van der Waals surface area contributed by atoms with Gasteiger partial charge in [0, 0.05) is 16.5 Å². The Kier molecular flexibility index (Phi) is 7.30. The maximum absolute atomic E-state index is 13.2. The molecule has 2 amide bonds. The number of aromatic amines is 1. The van der Waals surface area contributed by atoms with Gasteiger partial charge in [0.2, 0.25) is 0 Å². The molecule has 0 spiro atoms. The highest BCUT2D eigenvalue weighted by molar-refractivity contribution is 5.99. The minimum atomic E-state index is -1.28. The molecule has 1 heterocycles. The minimum absolute atomic E-state index is 0.0256. The van der Waals surface area contributed by atoms with Gasteiger partial charge in [-0.05, 0) is 36.2 Å². The van der Waals surface area contributed by atoms with Crippen LogP contribution in [0, 0.1) is 0 Å². The maximum Gasteiger partial charge on any atom is 0.272 e. The summed E-state index contributed by atoms with van der Waals surface area (Å²) in [6.07, 6.45) is 3.44. The number of H-pyrrole nitrogens is 1. The molecule has 0 aliphatic rings. The molecule has 9 nitrogen and oxygen atoms in total. The SMILES string of the molecule is C=CCc1cccc(/C=N/NC(=O)C(NC(=O)c2ccccc2)c2n[nH]c(=O)c3ccccc23)c1O. The van der Waals surface area contributed by atoms with Crippen LogP contribution in [0.15, 0.2) is 95.3 Å². The smallest absolute Gasteiger partial charge is 0.272 e. The first-order chi connectivity index (χ1) is 17.5. The second kappa shape index (κ2) is 10.9. The molecule has 4 N–H and O–H groups in total. The number of allylic oxidation sites excluding steroid dienone is 1. The van der Waals surface area contributed by atoms with E-state index >= 15 is 0 Å². The second-order valence-electron chi connectivity index (χ2n) is 7.84. The molecule has 36 heavy (non-hydrogen) atoms. The van der Waals surface area contributed by atoms with Gasteiger partial charge in [0.25, 0.3) is 17.4 Å². The average Bonchev–Trinajstić information content (AvgIpc) is 2.90. The third-order valence-electron chi connectivity index (χ3n) is 5.47. The number of benzene rings is 3. The lowest BCUT2D eigenvalue weighted by Crippen LogP contribution is -2.40. The van der Waals surface area contributed by atoms with Crippen LogP contribution >= 0.6 is 0 Å². The zero-order valence-electron chi connectivity index (χ0n) is 19.1. The van der Waals surface area contributed by atoms with Crippen LogP contribution in [-0.4, -0.2) is 33.3 Å². The number of fused-ring (bicyclic) bond motifs is 1. The number of phenols is 1. The molecule has 3 aromatic carbocycles. The first-order valence-corrected chi connectivity index (χ1v) is 11.1. The Bertz CT molecular complexity index is 1510. The maximum atomic E-state index is 13.2. The molecule has 1 unspecified atom stereocenters. The Morgan fingerprint density at radius 1 is 1.03 bits per heavy atom. The number of aromatic hydroxyl groups is 1. The summed E-state index contributed by atoms with van der Waals surface area (Å²) in [5, 5.41) is 24.2. The summed E-state index contributed by atoms with van der Waals surface area (Å²) in [5.74, 6) is -1.17. The van der Waals surface area contributed by atoms with Gasteiger partial charge in [-0.15, -0.1) is 6.58 Å². The average molecular weight is 482 g/mol. The Morgan fingerprint density at radius 2 is 1.75 bits per heavy atom. The summed E-state index contributed by atoms with van der Waals surface area (Å²) >= 11 is 0. The molecular weight excluding hydrogens is 458 g/mol. The molecule has 0 saturated heterocycles. The number of phenolic OH excluding ortho intramolecular Hbond substituents is 1. The van der Waals surface area contributed by atoms with Crippen molar-refractivity contribution in [1.82, 2.24) is 20.9 Å². The van der Waals surface area contributed by atoms with Gasteiger partial charge in [-0.25, -0.2) is 10.5 Å². The molecule has 1 atom stereocenters. The van der Waals surface area contributed by atoms with Crippen LogP contribution in [0.3, 0.4) is 0 Å². The molecule has 4 aromatic rings. The van der Waals surface area contributed by atoms with Gasteiger partial charge in [0.15, 0.2) is 6.04 Å². The highest BCUT2D eigenvalue weighted by Gasteiger charge is 2.27. The van der Waals surface area contributed by atoms with Crippen molar-refractivity contribution in [2.75, 3.05) is 0 Å². The number of carbonyl (C=O) groups excluding carboxylic acids is 2. The summed E-state index contributed by atoms with van der Waals surface area (Å²) in [5.41, 5.74) is 3.53. The monoisotopic (exact) mass is 481 g/mol. The van der Waals surface area contributed by atoms with Gasteiger partial charge >= 0.3 is 0 Å². The highest BCUT2D eigenvalue weighted by atomic mass is 16.3. The van der Waals surface area contributed by atoms with E-state index in [1.807, 2.05) is 0 Å². The van der Waals surface area contributed by atoms with Gasteiger partial charge in [-0.2, -0.15) is 10.2 Å². The molecule has 4 rings (SSSR count). The van der Waals surface area contributed by atoms with Crippen LogP contribution < -0.4 is 16.3 Å². The van der Waals surface area contributed by atoms with Crippen LogP contribution in [-0.2, 0) is 11.2 Å². The number of aromatic nitrogens is 2. The highest BCUT2D eigenvalue weighted by Crippen LogP contribution is 2.22. The van der Waals surface area contributed by atoms with E-state index in [1.54, 1.807) is 78.9 Å². The molecule has 0 aliphatic carbocycles. The van der Waals surface area contributed by atoms with Gasteiger partial charge in [0.1, 0.15) is 11.4 Å². The van der Waals surface area contributed by atoms with E-state index in [4.69, 9.17) is 0 Å². The number of nitrogens with zero attached hydrogens (tertiary/aromatic N) is 2. The fourth-order valence-corrected chi connectivity index (χ4v) is 3.68. The topological polar surface area (TPSA) is 137 Å². The molecule has 0 fully saturated rings. The summed E-state index contributed by atoms with van der Waals surface area (Å²) < 4.78 is 0. The number of hydrazone groups is 1. The lowest BCUT2D eigenvalue weighted by Gasteiger charge is -2.18. The second-order valence-corrected chi connectivity index (χ2v) is 7.84. The lowest BCUT2D eigenvalue weighted by molar-refractivity contribution is -0.123. The van der Waals surface area contributed by atoms with Crippen molar-refractivity contribution in [2.24, 2.45) is 5.10 Å². The normalized spacial score (nSPS) is 11.8. The zero-order chi connectivity index (χ0) is 25.5. The fourth-order valence-electron chi connectivity index (χ4n) is 3.68. The number of carbonyl (C=O) groups is 2. The molecule has 0 bridgehead atoms. The molecule has 0 saturated carbocycles. The van der Waals surface area contributed by atoms with E-state index < -0.39 is 23.4 Å². The van der Waals surface area contributed by atoms with Gasteiger partial charge in [-0.1, -0.05) is 54.6 Å². The van der Waals surface area contributed by atoms with Gasteiger partial charge < -0.3 is 10.4 Å². The summed E-state index contributed by atoms with van der Waals surface area (Å²) in [6.45, 7) is 3.67. The van der Waals surface area contributed by atoms with Gasteiger partial charge in [-0.3, -0.25) is 14.4 Å². The van der Waals surface area contributed by atoms with E-state index in [1.165, 1.54) is 6.21 Å². The largest absolute Gasteiger partial charge is 0.507 e. The predicted octanol–water partition coefficient (Wildman–Crippen LogP) is 2.98. The Morgan fingerprint density at radius 3 is 2.50 bits per heavy atom. The predicted molar refractivity (Wildman–Crippen MR) is 137 cm³/mol. The number of nitrogens with one attached hydrogen (secondary N) is 3. The van der Waals surface area contributed by atoms with E-state index in [2.05, 4.69) is 32.6 Å². The van der Waals surface area contributed by atoms with Crippen LogP contribution in [0.4, 0.5) is 0 Å². The lowest BCUT2D eigenvalue weighted by atomic mass is 10.0. The van der Waals surface area contributed by atoms with Crippen molar-refractivity contribution in [3.63, 3.8) is 0 Å². The number of hydrogen-bond donors (Lipinski definition) is 4. The third kappa shape index (κ3) is 5.20. The molecule has 9 heteroatoms. The van der Waals surface area contributed by atoms with Crippen LogP contribution in [0.5, 0.6) is 5.75 Å². The van der Waals surface area contributed by atoms with Crippen LogP contribution in [0.25, 0.3) is 10.8 Å². The number of rotatable bonds is 8. The molecule has 0 radical (unpaired) electrons. The third-order valence-corrected chi connectivity index (χ3v) is 5.47. The van der Waals surface area contributed by atoms with Crippen molar-refractivity contribution in [2.45, 2.75) is 12.5 Å². The van der Waals surface area contributed by atoms with E-state index in [0.29, 0.717) is 33.9 Å². The quantitative estimate of drug-likeness (QED) is 0.174. The van der Waals surface area contributed by atoms with Crippen LogP contribution in [0.1, 0.15) is 33.2 Å². The van der Waals surface area contributed by atoms with Crippen molar-refractivity contribution < 1.29 is 14.7 Å². The Hall–Kier alpha value is -5.05. The van der Waals surface area contributed by atoms with Crippen LogP contribution in [0.2, 0.25) is 0 Å². The molecule has 180 valence electrons. The summed E-state index contributed by atoms with van der Waals surface area (Å²) in [6, 6.07) is 18.9. The van der Waals surface area contributed by atoms with E-state index in [9.17, 15) is 19.5 Å². The Balaban J connectivity index is 1.66. The van der Waals surface area contributed by atoms with Crippen molar-refractivity contribution >= 4 is 28.8 Å². The zero-order valence-corrected chi connectivity index (χ0v) is 19.1. The first kappa shape index (κ1) is 24.1. The van der Waals surface area contributed by atoms with Crippen molar-refractivity contribution in [1.29, 1.82) is 0 Å². The molecule has 0 aliphatic heterocycles. The van der Waals surface area contributed by atoms with Gasteiger partial charge in [0.05, 0.1) is 11.6 Å². The number of para-hydroxylation sites is 1. The summed E-state index contributed by atoms with van der Waals surface area (Å²) in [4.78, 5) is 38.4. The minimum Gasteiger partial charge on any atom is -0.507 e.